The number of nitrogens with one attached hydrogen (secondary N) is 1. The Morgan fingerprint density at radius 2 is 1.95 bits per heavy atom. The smallest absolute Gasteiger partial charge is 0.310 e. The fourth-order valence-corrected chi connectivity index (χ4v) is 2.89. The number of amides is 1. The van der Waals surface area contributed by atoms with Gasteiger partial charge in [0.2, 0.25) is 5.91 Å². The Bertz CT molecular complexity index is 683. The molecule has 0 spiro atoms. The molecule has 5 nitrogen and oxygen atoms in total. The lowest BCUT2D eigenvalue weighted by atomic mass is 10.1. The third-order valence-corrected chi connectivity index (χ3v) is 4.27. The summed E-state index contributed by atoms with van der Waals surface area (Å²) >= 11 is 7.08. The van der Waals surface area contributed by atoms with E-state index in [0.29, 0.717) is 10.2 Å². The molecule has 0 atom stereocenters. The molecule has 0 fully saturated rings. The first-order chi connectivity index (χ1) is 10.5. The highest BCUT2D eigenvalue weighted by molar-refractivity contribution is 7.16. The molecule has 0 aliphatic rings. The fourth-order valence-electron chi connectivity index (χ4n) is 1.80. The Morgan fingerprint density at radius 3 is 2.59 bits per heavy atom. The lowest BCUT2D eigenvalue weighted by Gasteiger charge is -2.02. The van der Waals surface area contributed by atoms with Crippen LogP contribution in [-0.4, -0.2) is 24.0 Å². The van der Waals surface area contributed by atoms with E-state index in [4.69, 9.17) is 11.6 Å². The molecular formula is C15H15ClN2O3S. The fraction of sp³-hybridized carbons (Fsp3) is 0.267. The van der Waals surface area contributed by atoms with Crippen LogP contribution < -0.4 is 5.32 Å². The van der Waals surface area contributed by atoms with Crippen molar-refractivity contribution in [3.63, 3.8) is 0 Å². The predicted molar refractivity (Wildman–Crippen MR) is 86.4 cm³/mol. The van der Waals surface area contributed by atoms with Gasteiger partial charge in [0.05, 0.1) is 25.6 Å². The maximum atomic E-state index is 12.0. The zero-order valence-electron chi connectivity index (χ0n) is 12.2. The molecule has 0 bridgehead atoms. The topological polar surface area (TPSA) is 68.3 Å². The monoisotopic (exact) mass is 338 g/mol. The average Bonchev–Trinajstić information content (AvgIpc) is 2.80. The number of ether oxygens (including phenoxy) is 1. The first-order valence-electron chi connectivity index (χ1n) is 6.55. The Morgan fingerprint density at radius 1 is 1.27 bits per heavy atom. The number of benzene rings is 1. The predicted octanol–water partition coefficient (Wildman–Crippen LogP) is 3.00. The molecule has 116 valence electrons. The number of nitrogens with zero attached hydrogens (tertiary/aromatic N) is 1. The molecule has 2 aromatic rings. The van der Waals surface area contributed by atoms with E-state index in [9.17, 15) is 9.59 Å². The van der Waals surface area contributed by atoms with Gasteiger partial charge in [-0.1, -0.05) is 23.7 Å². The largest absolute Gasteiger partial charge is 0.469 e. The van der Waals surface area contributed by atoms with Crippen molar-refractivity contribution in [3.8, 4) is 0 Å². The van der Waals surface area contributed by atoms with E-state index in [1.54, 1.807) is 31.2 Å². The van der Waals surface area contributed by atoms with Crippen molar-refractivity contribution >= 4 is 39.9 Å². The number of esters is 1. The number of hydrogen-bond donors (Lipinski definition) is 1. The van der Waals surface area contributed by atoms with Crippen LogP contribution in [-0.2, 0) is 27.2 Å². The number of aryl methyl sites for hydroxylation is 1. The number of rotatable bonds is 5. The van der Waals surface area contributed by atoms with Gasteiger partial charge in [-0.15, -0.1) is 11.3 Å². The molecule has 0 aliphatic heterocycles. The van der Waals surface area contributed by atoms with Gasteiger partial charge in [0.1, 0.15) is 0 Å². The highest BCUT2D eigenvalue weighted by Crippen LogP contribution is 2.23. The zero-order valence-corrected chi connectivity index (χ0v) is 13.8. The highest BCUT2D eigenvalue weighted by Gasteiger charge is 2.14. The van der Waals surface area contributed by atoms with E-state index >= 15 is 0 Å². The summed E-state index contributed by atoms with van der Waals surface area (Å²) in [6.45, 7) is 1.80. The number of thiazole rings is 1. The van der Waals surface area contributed by atoms with Crippen molar-refractivity contribution in [1.82, 2.24) is 4.98 Å². The molecule has 1 aromatic heterocycles. The molecule has 22 heavy (non-hydrogen) atoms. The molecule has 2 rings (SSSR count). The van der Waals surface area contributed by atoms with Gasteiger partial charge in [-0.2, -0.15) is 0 Å². The molecule has 1 aromatic carbocycles. The summed E-state index contributed by atoms with van der Waals surface area (Å²) in [7, 11) is 1.34. The molecule has 0 saturated carbocycles. The maximum absolute atomic E-state index is 12.0. The summed E-state index contributed by atoms with van der Waals surface area (Å²) in [4.78, 5) is 28.3. The molecule has 1 N–H and O–H groups in total. The first-order valence-corrected chi connectivity index (χ1v) is 7.75. The lowest BCUT2D eigenvalue weighted by molar-refractivity contribution is -0.139. The van der Waals surface area contributed by atoms with Gasteiger partial charge in [0.15, 0.2) is 5.13 Å². The van der Waals surface area contributed by atoms with Crippen molar-refractivity contribution in [1.29, 1.82) is 0 Å². The number of carbonyl (C=O) groups excluding carboxylic acids is 2. The molecule has 0 aliphatic carbocycles. The van der Waals surface area contributed by atoms with Gasteiger partial charge >= 0.3 is 5.97 Å². The van der Waals surface area contributed by atoms with Crippen LogP contribution in [0.1, 0.15) is 16.1 Å². The first kappa shape index (κ1) is 16.5. The molecule has 7 heteroatoms. The summed E-state index contributed by atoms with van der Waals surface area (Å²) in [5.41, 5.74) is 1.59. The van der Waals surface area contributed by atoms with Crippen molar-refractivity contribution in [2.45, 2.75) is 19.8 Å². The van der Waals surface area contributed by atoms with E-state index in [-0.39, 0.29) is 24.7 Å². The standard InChI is InChI=1S/C15H15ClN2O3S/c1-9-12(8-14(20)21-2)22-15(17-9)18-13(19)7-10-3-5-11(16)6-4-10/h3-6H,7-8H2,1-2H3,(H,17,18,19). The summed E-state index contributed by atoms with van der Waals surface area (Å²) in [5.74, 6) is -0.494. The number of anilines is 1. The van der Waals surface area contributed by atoms with Gasteiger partial charge in [-0.3, -0.25) is 9.59 Å². The van der Waals surface area contributed by atoms with Crippen LogP contribution >= 0.6 is 22.9 Å². The summed E-state index contributed by atoms with van der Waals surface area (Å²) in [6.07, 6.45) is 0.398. The van der Waals surface area contributed by atoms with Gasteiger partial charge in [0, 0.05) is 9.90 Å². The van der Waals surface area contributed by atoms with E-state index in [0.717, 1.165) is 16.1 Å². The Balaban J connectivity index is 1.98. The number of hydrogen-bond acceptors (Lipinski definition) is 5. The summed E-state index contributed by atoms with van der Waals surface area (Å²) in [6, 6.07) is 7.09. The molecule has 1 heterocycles. The molecular weight excluding hydrogens is 324 g/mol. The molecule has 1 amide bonds. The zero-order chi connectivity index (χ0) is 16.1. The van der Waals surface area contributed by atoms with Crippen LogP contribution in [0.3, 0.4) is 0 Å². The van der Waals surface area contributed by atoms with Gasteiger partial charge in [0.25, 0.3) is 0 Å². The van der Waals surface area contributed by atoms with Gasteiger partial charge in [-0.25, -0.2) is 4.98 Å². The van der Waals surface area contributed by atoms with Crippen LogP contribution in [0.2, 0.25) is 5.02 Å². The maximum Gasteiger partial charge on any atom is 0.310 e. The van der Waals surface area contributed by atoms with Crippen molar-refractivity contribution in [2.75, 3.05) is 12.4 Å². The van der Waals surface area contributed by atoms with Crippen molar-refractivity contribution < 1.29 is 14.3 Å². The number of aromatic nitrogens is 1. The minimum absolute atomic E-state index is 0.160. The minimum atomic E-state index is -0.328. The third-order valence-electron chi connectivity index (χ3n) is 2.95. The van der Waals surface area contributed by atoms with Crippen molar-refractivity contribution in [2.24, 2.45) is 0 Å². The molecule has 0 unspecified atom stereocenters. The van der Waals surface area contributed by atoms with Crippen LogP contribution in [0.25, 0.3) is 0 Å². The van der Waals surface area contributed by atoms with Crippen LogP contribution in [0, 0.1) is 6.92 Å². The second kappa shape index (κ2) is 7.38. The second-order valence-electron chi connectivity index (χ2n) is 4.63. The average molecular weight is 339 g/mol. The normalized spacial score (nSPS) is 10.3. The molecule has 0 radical (unpaired) electrons. The lowest BCUT2D eigenvalue weighted by Crippen LogP contribution is -2.14. The summed E-state index contributed by atoms with van der Waals surface area (Å²) < 4.78 is 4.63. The van der Waals surface area contributed by atoms with Gasteiger partial charge in [-0.05, 0) is 24.6 Å². The Hall–Kier alpha value is -1.92. The Labute approximate surface area is 137 Å². The van der Waals surface area contributed by atoms with Crippen molar-refractivity contribution in [3.05, 3.63) is 45.4 Å². The quantitative estimate of drug-likeness (QED) is 0.851. The molecule has 0 saturated heterocycles. The SMILES string of the molecule is COC(=O)Cc1sc(NC(=O)Cc2ccc(Cl)cc2)nc1C. The van der Waals surface area contributed by atoms with Gasteiger partial charge < -0.3 is 10.1 Å². The van der Waals surface area contributed by atoms with E-state index < -0.39 is 0 Å². The Kier molecular flexibility index (Phi) is 5.51. The number of carbonyl (C=O) groups is 2. The number of halogens is 1. The van der Waals surface area contributed by atoms with Crippen LogP contribution in [0.5, 0.6) is 0 Å². The van der Waals surface area contributed by atoms with E-state index in [2.05, 4.69) is 15.0 Å². The highest BCUT2D eigenvalue weighted by atomic mass is 35.5. The van der Waals surface area contributed by atoms with E-state index in [1.807, 2.05) is 0 Å². The third kappa shape index (κ3) is 4.54. The van der Waals surface area contributed by atoms with E-state index in [1.165, 1.54) is 18.4 Å². The minimum Gasteiger partial charge on any atom is -0.469 e. The summed E-state index contributed by atoms with van der Waals surface area (Å²) in [5, 5.41) is 3.85. The van der Waals surface area contributed by atoms with Crippen LogP contribution in [0.15, 0.2) is 24.3 Å². The second-order valence-corrected chi connectivity index (χ2v) is 6.15. The number of methoxy groups -OCH3 is 1. The van der Waals surface area contributed by atoms with Crippen LogP contribution in [0.4, 0.5) is 5.13 Å².